The fourth-order valence-electron chi connectivity index (χ4n) is 1.13. The Kier molecular flexibility index (Phi) is 3.07. The molecular formula is C6H9F3O4S. The third kappa shape index (κ3) is 4.25. The van der Waals surface area contributed by atoms with Gasteiger partial charge in [0.2, 0.25) is 0 Å². The van der Waals surface area contributed by atoms with Crippen molar-refractivity contribution in [3.05, 3.63) is 0 Å². The van der Waals surface area contributed by atoms with E-state index in [1.54, 1.807) is 0 Å². The van der Waals surface area contributed by atoms with Crippen LogP contribution in [0.15, 0.2) is 0 Å². The third-order valence-electron chi connectivity index (χ3n) is 1.66. The fourth-order valence-corrected chi connectivity index (χ4v) is 1.78. The summed E-state index contributed by atoms with van der Waals surface area (Å²) in [5.41, 5.74) is 0. The average Bonchev–Trinajstić information content (AvgIpc) is 1.75. The molecule has 8 heteroatoms. The Labute approximate surface area is 79.1 Å². The van der Waals surface area contributed by atoms with Gasteiger partial charge in [-0.25, -0.2) is 0 Å². The lowest BCUT2D eigenvalue weighted by atomic mass is 9.92. The molecule has 1 aliphatic carbocycles. The third-order valence-corrected chi connectivity index (χ3v) is 2.28. The van der Waals surface area contributed by atoms with E-state index in [4.69, 9.17) is 0 Å². The molecule has 0 N–H and O–H groups in total. The van der Waals surface area contributed by atoms with Gasteiger partial charge >= 0.3 is 6.36 Å². The highest BCUT2D eigenvalue weighted by Crippen LogP contribution is 2.32. The van der Waals surface area contributed by atoms with Crippen molar-refractivity contribution in [3.8, 4) is 0 Å². The minimum atomic E-state index is -4.67. The molecule has 0 bridgehead atoms. The van der Waals surface area contributed by atoms with Gasteiger partial charge in [-0.05, 0) is 0 Å². The summed E-state index contributed by atoms with van der Waals surface area (Å²) in [6, 6.07) is 0. The fraction of sp³-hybridized carbons (Fsp3) is 1.00. The first-order valence-corrected chi connectivity index (χ1v) is 5.60. The molecular weight excluding hydrogens is 225 g/mol. The van der Waals surface area contributed by atoms with Gasteiger partial charge in [-0.1, -0.05) is 0 Å². The smallest absolute Gasteiger partial charge is 0.288 e. The summed E-state index contributed by atoms with van der Waals surface area (Å²) in [5.74, 6) is 0. The molecule has 0 amide bonds. The van der Waals surface area contributed by atoms with E-state index in [2.05, 4.69) is 8.92 Å². The van der Waals surface area contributed by atoms with E-state index in [1.165, 1.54) is 0 Å². The van der Waals surface area contributed by atoms with Crippen molar-refractivity contribution in [2.75, 3.05) is 6.26 Å². The zero-order valence-electron chi connectivity index (χ0n) is 7.24. The largest absolute Gasteiger partial charge is 0.522 e. The molecule has 1 rings (SSSR count). The molecule has 4 nitrogen and oxygen atoms in total. The van der Waals surface area contributed by atoms with Crippen LogP contribution in [0.2, 0.25) is 0 Å². The Morgan fingerprint density at radius 1 is 1.21 bits per heavy atom. The number of hydrogen-bond acceptors (Lipinski definition) is 4. The van der Waals surface area contributed by atoms with Crippen molar-refractivity contribution < 1.29 is 30.5 Å². The molecule has 0 aromatic heterocycles. The minimum Gasteiger partial charge on any atom is -0.288 e. The number of rotatable bonds is 3. The van der Waals surface area contributed by atoms with Crippen molar-refractivity contribution >= 4 is 10.1 Å². The van der Waals surface area contributed by atoms with E-state index in [0.717, 1.165) is 6.26 Å². The number of halogens is 3. The molecule has 0 aliphatic heterocycles. The molecule has 0 aromatic carbocycles. The molecule has 0 aromatic rings. The van der Waals surface area contributed by atoms with Crippen LogP contribution in [0.4, 0.5) is 13.2 Å². The topological polar surface area (TPSA) is 52.6 Å². The summed E-state index contributed by atoms with van der Waals surface area (Å²) in [4.78, 5) is 0. The van der Waals surface area contributed by atoms with Gasteiger partial charge in [-0.3, -0.25) is 8.92 Å². The van der Waals surface area contributed by atoms with Gasteiger partial charge < -0.3 is 0 Å². The highest BCUT2D eigenvalue weighted by molar-refractivity contribution is 7.86. The van der Waals surface area contributed by atoms with Gasteiger partial charge in [-0.2, -0.15) is 8.42 Å². The summed E-state index contributed by atoms with van der Waals surface area (Å²) in [6.07, 6.45) is -5.58. The molecule has 0 unspecified atom stereocenters. The van der Waals surface area contributed by atoms with E-state index in [0.29, 0.717) is 0 Å². The Morgan fingerprint density at radius 3 is 2.07 bits per heavy atom. The second-order valence-electron chi connectivity index (χ2n) is 3.08. The molecule has 1 fully saturated rings. The molecule has 0 radical (unpaired) electrons. The van der Waals surface area contributed by atoms with E-state index >= 15 is 0 Å². The van der Waals surface area contributed by atoms with Crippen LogP contribution >= 0.6 is 0 Å². The molecule has 0 heterocycles. The highest BCUT2D eigenvalue weighted by atomic mass is 32.2. The first-order valence-electron chi connectivity index (χ1n) is 3.78. The quantitative estimate of drug-likeness (QED) is 0.684. The van der Waals surface area contributed by atoms with Crippen LogP contribution in [0.3, 0.4) is 0 Å². The van der Waals surface area contributed by atoms with Crippen LogP contribution < -0.4 is 0 Å². The highest BCUT2D eigenvalue weighted by Gasteiger charge is 2.41. The Hall–Kier alpha value is -0.340. The van der Waals surface area contributed by atoms with Crippen molar-refractivity contribution in [1.29, 1.82) is 0 Å². The van der Waals surface area contributed by atoms with Gasteiger partial charge in [-0.15, -0.1) is 13.2 Å². The Balaban J connectivity index is 2.25. The maximum Gasteiger partial charge on any atom is 0.522 e. The van der Waals surface area contributed by atoms with Crippen molar-refractivity contribution in [2.45, 2.75) is 31.4 Å². The lowest BCUT2D eigenvalue weighted by Gasteiger charge is -2.33. The Morgan fingerprint density at radius 2 is 1.71 bits per heavy atom. The van der Waals surface area contributed by atoms with Gasteiger partial charge in [0, 0.05) is 12.8 Å². The van der Waals surface area contributed by atoms with Crippen molar-refractivity contribution in [1.82, 2.24) is 0 Å². The summed E-state index contributed by atoms with van der Waals surface area (Å²) in [7, 11) is -3.59. The van der Waals surface area contributed by atoms with E-state index in [1.807, 2.05) is 0 Å². The molecule has 14 heavy (non-hydrogen) atoms. The predicted octanol–water partition coefficient (Wildman–Crippen LogP) is 1.03. The first-order chi connectivity index (χ1) is 6.16. The van der Waals surface area contributed by atoms with E-state index in [-0.39, 0.29) is 12.8 Å². The monoisotopic (exact) mass is 234 g/mol. The van der Waals surface area contributed by atoms with Crippen LogP contribution in [0.25, 0.3) is 0 Å². The maximum absolute atomic E-state index is 11.6. The van der Waals surface area contributed by atoms with E-state index < -0.39 is 28.7 Å². The molecule has 1 saturated carbocycles. The van der Waals surface area contributed by atoms with Crippen molar-refractivity contribution in [2.24, 2.45) is 0 Å². The van der Waals surface area contributed by atoms with Gasteiger partial charge in [0.15, 0.2) is 0 Å². The normalized spacial score (nSPS) is 28.6. The van der Waals surface area contributed by atoms with Crippen LogP contribution in [0.5, 0.6) is 0 Å². The van der Waals surface area contributed by atoms with E-state index in [9.17, 15) is 21.6 Å². The lowest BCUT2D eigenvalue weighted by Crippen LogP contribution is -2.41. The summed E-state index contributed by atoms with van der Waals surface area (Å²) in [6.45, 7) is 0. The number of hydrogen-bond donors (Lipinski definition) is 0. The minimum absolute atomic E-state index is 0.0490. The SMILES string of the molecule is CS(=O)(=O)OC1CC(OC(F)(F)F)C1. The van der Waals surface area contributed by atoms with Crippen LogP contribution in [-0.4, -0.2) is 33.2 Å². The zero-order valence-corrected chi connectivity index (χ0v) is 8.06. The standard InChI is InChI=1S/C6H9F3O4S/c1-14(10,11)13-5-2-4(3-5)12-6(7,8)9/h4-5H,2-3H2,1H3. The zero-order chi connectivity index (χ0) is 11.0. The molecule has 0 saturated heterocycles. The van der Waals surface area contributed by atoms with Crippen LogP contribution in [-0.2, 0) is 19.0 Å². The van der Waals surface area contributed by atoms with Gasteiger partial charge in [0.05, 0.1) is 18.5 Å². The van der Waals surface area contributed by atoms with Gasteiger partial charge in [0.25, 0.3) is 10.1 Å². The van der Waals surface area contributed by atoms with Gasteiger partial charge in [0.1, 0.15) is 0 Å². The number of alkyl halides is 3. The summed E-state index contributed by atoms with van der Waals surface area (Å²) < 4.78 is 64.0. The molecule has 84 valence electrons. The summed E-state index contributed by atoms with van der Waals surface area (Å²) >= 11 is 0. The molecule has 1 aliphatic rings. The predicted molar refractivity (Wildman–Crippen MR) is 39.9 cm³/mol. The summed E-state index contributed by atoms with van der Waals surface area (Å²) in [5, 5.41) is 0. The molecule has 0 atom stereocenters. The maximum atomic E-state index is 11.6. The first kappa shape index (κ1) is 11.7. The van der Waals surface area contributed by atoms with Crippen LogP contribution in [0, 0.1) is 0 Å². The number of ether oxygens (including phenoxy) is 1. The second-order valence-corrected chi connectivity index (χ2v) is 4.68. The average molecular weight is 234 g/mol. The lowest BCUT2D eigenvalue weighted by molar-refractivity contribution is -0.355. The van der Waals surface area contributed by atoms with Crippen LogP contribution in [0.1, 0.15) is 12.8 Å². The second kappa shape index (κ2) is 3.67. The molecule has 0 spiro atoms. The Bertz CT molecular complexity index is 291. The van der Waals surface area contributed by atoms with Crippen molar-refractivity contribution in [3.63, 3.8) is 0 Å².